The largest absolute Gasteiger partial charge is 0.464 e. The molecule has 0 unspecified atom stereocenters. The first-order chi connectivity index (χ1) is 9.61. The Morgan fingerprint density at radius 2 is 1.95 bits per heavy atom. The van der Waals surface area contributed by atoms with Gasteiger partial charge >= 0.3 is 0 Å². The van der Waals surface area contributed by atoms with Crippen LogP contribution in [0, 0.1) is 13.8 Å². The lowest BCUT2D eigenvalue weighted by atomic mass is 10.2. The molecule has 0 bridgehead atoms. The molecule has 3 heteroatoms. The molecule has 1 aromatic carbocycles. The van der Waals surface area contributed by atoms with Gasteiger partial charge in [-0.3, -0.25) is 0 Å². The maximum Gasteiger partial charge on any atom is 0.123 e. The Labute approximate surface area is 121 Å². The van der Waals surface area contributed by atoms with Crippen LogP contribution in [-0.4, -0.2) is 13.6 Å². The van der Waals surface area contributed by atoms with Gasteiger partial charge < -0.3 is 14.6 Å². The molecule has 2 aromatic rings. The number of anilines is 1. The number of hydrogen-bond donors (Lipinski definition) is 1. The van der Waals surface area contributed by atoms with E-state index in [1.54, 1.807) is 0 Å². The standard InChI is InChI=1S/C17H24N2O/c1-5-18-11-15-10-16(20-14(15)3)12-19(4)17-9-7-6-8-13(17)2/h6-10,18H,5,11-12H2,1-4H3. The molecule has 0 spiro atoms. The third kappa shape index (κ3) is 3.42. The summed E-state index contributed by atoms with van der Waals surface area (Å²) in [5.74, 6) is 2.03. The summed E-state index contributed by atoms with van der Waals surface area (Å²) in [5, 5.41) is 3.34. The average molecular weight is 272 g/mol. The van der Waals surface area contributed by atoms with Gasteiger partial charge in [0.15, 0.2) is 0 Å². The predicted molar refractivity (Wildman–Crippen MR) is 84.1 cm³/mol. The number of nitrogens with one attached hydrogen (secondary N) is 1. The first kappa shape index (κ1) is 14.7. The molecule has 0 fully saturated rings. The number of para-hydroxylation sites is 1. The van der Waals surface area contributed by atoms with Gasteiger partial charge in [-0.05, 0) is 38.1 Å². The van der Waals surface area contributed by atoms with Crippen molar-refractivity contribution < 1.29 is 4.42 Å². The van der Waals surface area contributed by atoms with Gasteiger partial charge in [0.05, 0.1) is 6.54 Å². The molecule has 0 aliphatic rings. The summed E-state index contributed by atoms with van der Waals surface area (Å²) < 4.78 is 5.86. The minimum atomic E-state index is 0.790. The van der Waals surface area contributed by atoms with E-state index >= 15 is 0 Å². The average Bonchev–Trinajstić information content (AvgIpc) is 2.76. The maximum atomic E-state index is 5.86. The monoisotopic (exact) mass is 272 g/mol. The van der Waals surface area contributed by atoms with E-state index < -0.39 is 0 Å². The number of furan rings is 1. The zero-order valence-electron chi connectivity index (χ0n) is 12.9. The van der Waals surface area contributed by atoms with Crippen LogP contribution in [0.3, 0.4) is 0 Å². The Balaban J connectivity index is 2.08. The van der Waals surface area contributed by atoms with Gasteiger partial charge in [-0.1, -0.05) is 25.1 Å². The topological polar surface area (TPSA) is 28.4 Å². The Morgan fingerprint density at radius 1 is 1.20 bits per heavy atom. The van der Waals surface area contributed by atoms with E-state index in [9.17, 15) is 0 Å². The van der Waals surface area contributed by atoms with Crippen LogP contribution in [0.15, 0.2) is 34.7 Å². The molecule has 20 heavy (non-hydrogen) atoms. The number of benzene rings is 1. The van der Waals surface area contributed by atoms with Crippen molar-refractivity contribution in [3.8, 4) is 0 Å². The van der Waals surface area contributed by atoms with Crippen molar-refractivity contribution in [1.29, 1.82) is 0 Å². The summed E-state index contributed by atoms with van der Waals surface area (Å²) in [6, 6.07) is 10.6. The van der Waals surface area contributed by atoms with Crippen molar-refractivity contribution in [3.63, 3.8) is 0 Å². The van der Waals surface area contributed by atoms with E-state index in [4.69, 9.17) is 4.42 Å². The van der Waals surface area contributed by atoms with Crippen molar-refractivity contribution in [2.75, 3.05) is 18.5 Å². The molecule has 1 aromatic heterocycles. The quantitative estimate of drug-likeness (QED) is 0.870. The fourth-order valence-electron chi connectivity index (χ4n) is 2.41. The lowest BCUT2D eigenvalue weighted by Crippen LogP contribution is -2.17. The smallest absolute Gasteiger partial charge is 0.123 e. The molecule has 0 aliphatic carbocycles. The van der Waals surface area contributed by atoms with Crippen LogP contribution in [0.2, 0.25) is 0 Å². The third-order valence-electron chi connectivity index (χ3n) is 3.56. The molecule has 2 rings (SSSR count). The molecule has 0 saturated heterocycles. The highest BCUT2D eigenvalue weighted by Crippen LogP contribution is 2.22. The summed E-state index contributed by atoms with van der Waals surface area (Å²) in [4.78, 5) is 2.23. The van der Waals surface area contributed by atoms with Gasteiger partial charge in [-0.15, -0.1) is 0 Å². The molecule has 0 radical (unpaired) electrons. The van der Waals surface area contributed by atoms with E-state index in [1.165, 1.54) is 16.8 Å². The lowest BCUT2D eigenvalue weighted by Gasteiger charge is -2.20. The van der Waals surface area contributed by atoms with Gasteiger partial charge in [0, 0.05) is 24.8 Å². The molecule has 1 heterocycles. The van der Waals surface area contributed by atoms with E-state index in [2.05, 4.69) is 61.4 Å². The van der Waals surface area contributed by atoms with Crippen LogP contribution < -0.4 is 10.2 Å². The number of nitrogens with zero attached hydrogens (tertiary/aromatic N) is 1. The Kier molecular flexibility index (Phi) is 4.85. The molecular weight excluding hydrogens is 248 g/mol. The van der Waals surface area contributed by atoms with Crippen molar-refractivity contribution in [1.82, 2.24) is 5.32 Å². The third-order valence-corrected chi connectivity index (χ3v) is 3.56. The Hall–Kier alpha value is -1.74. The van der Waals surface area contributed by atoms with Crippen LogP contribution in [0.4, 0.5) is 5.69 Å². The highest BCUT2D eigenvalue weighted by Gasteiger charge is 2.10. The Morgan fingerprint density at radius 3 is 2.65 bits per heavy atom. The fraction of sp³-hybridized carbons (Fsp3) is 0.412. The first-order valence-electron chi connectivity index (χ1n) is 7.17. The number of hydrogen-bond acceptors (Lipinski definition) is 3. The fourth-order valence-corrected chi connectivity index (χ4v) is 2.41. The molecular formula is C17H24N2O. The highest BCUT2D eigenvalue weighted by atomic mass is 16.3. The predicted octanol–water partition coefficient (Wildman–Crippen LogP) is 3.64. The lowest BCUT2D eigenvalue weighted by molar-refractivity contribution is 0.478. The minimum Gasteiger partial charge on any atom is -0.464 e. The van der Waals surface area contributed by atoms with Crippen molar-refractivity contribution >= 4 is 5.69 Å². The molecule has 3 nitrogen and oxygen atoms in total. The van der Waals surface area contributed by atoms with E-state index in [1.807, 2.05) is 6.92 Å². The van der Waals surface area contributed by atoms with E-state index in [0.717, 1.165) is 31.2 Å². The van der Waals surface area contributed by atoms with Crippen molar-refractivity contribution in [3.05, 3.63) is 53.0 Å². The molecule has 1 N–H and O–H groups in total. The number of rotatable bonds is 6. The second-order valence-electron chi connectivity index (χ2n) is 5.22. The van der Waals surface area contributed by atoms with Crippen LogP contribution in [-0.2, 0) is 13.1 Å². The minimum absolute atomic E-state index is 0.790. The normalized spacial score (nSPS) is 10.8. The van der Waals surface area contributed by atoms with Gasteiger partial charge in [0.25, 0.3) is 0 Å². The summed E-state index contributed by atoms with van der Waals surface area (Å²) in [6.45, 7) is 8.92. The van der Waals surface area contributed by atoms with Gasteiger partial charge in [0.1, 0.15) is 11.5 Å². The number of aryl methyl sites for hydroxylation is 2. The molecule has 0 aliphatic heterocycles. The van der Waals surface area contributed by atoms with Crippen LogP contribution in [0.25, 0.3) is 0 Å². The van der Waals surface area contributed by atoms with E-state index in [0.29, 0.717) is 0 Å². The summed E-state index contributed by atoms with van der Waals surface area (Å²) in [5.41, 5.74) is 3.78. The highest BCUT2D eigenvalue weighted by molar-refractivity contribution is 5.52. The zero-order chi connectivity index (χ0) is 14.5. The SMILES string of the molecule is CCNCc1cc(CN(C)c2ccccc2C)oc1C. The second kappa shape index (κ2) is 6.62. The molecule has 108 valence electrons. The van der Waals surface area contributed by atoms with Gasteiger partial charge in [-0.25, -0.2) is 0 Å². The summed E-state index contributed by atoms with van der Waals surface area (Å²) >= 11 is 0. The van der Waals surface area contributed by atoms with Crippen LogP contribution in [0.5, 0.6) is 0 Å². The first-order valence-corrected chi connectivity index (χ1v) is 7.17. The molecule has 0 atom stereocenters. The van der Waals surface area contributed by atoms with Crippen LogP contribution in [0.1, 0.15) is 29.6 Å². The molecule has 0 saturated carbocycles. The van der Waals surface area contributed by atoms with Gasteiger partial charge in [0.2, 0.25) is 0 Å². The van der Waals surface area contributed by atoms with Crippen molar-refractivity contribution in [2.45, 2.75) is 33.9 Å². The Bertz CT molecular complexity index is 560. The summed E-state index contributed by atoms with van der Waals surface area (Å²) in [7, 11) is 2.10. The zero-order valence-corrected chi connectivity index (χ0v) is 12.9. The van der Waals surface area contributed by atoms with E-state index in [-0.39, 0.29) is 0 Å². The second-order valence-corrected chi connectivity index (χ2v) is 5.22. The maximum absolute atomic E-state index is 5.86. The van der Waals surface area contributed by atoms with Gasteiger partial charge in [-0.2, -0.15) is 0 Å². The van der Waals surface area contributed by atoms with Crippen molar-refractivity contribution in [2.24, 2.45) is 0 Å². The van der Waals surface area contributed by atoms with Crippen LogP contribution >= 0.6 is 0 Å². The summed E-state index contributed by atoms with van der Waals surface area (Å²) in [6.07, 6.45) is 0. The molecule has 0 amide bonds.